The van der Waals surface area contributed by atoms with Crippen LogP contribution in [0.25, 0.3) is 5.69 Å². The Morgan fingerprint density at radius 2 is 1.84 bits per heavy atom. The molecule has 4 nitrogen and oxygen atoms in total. The van der Waals surface area contributed by atoms with Crippen LogP contribution in [0.15, 0.2) is 73.1 Å². The number of hydrogen-bond donors (Lipinski definition) is 0. The largest absolute Gasteiger partial charge is 0.492 e. The highest BCUT2D eigenvalue weighted by Crippen LogP contribution is 2.33. The van der Waals surface area contributed by atoms with E-state index in [1.54, 1.807) is 0 Å². The van der Waals surface area contributed by atoms with Crippen molar-refractivity contribution in [3.8, 4) is 11.4 Å². The maximum Gasteiger partial charge on any atom is 0.158 e. The highest BCUT2D eigenvalue weighted by Gasteiger charge is 2.27. The summed E-state index contributed by atoms with van der Waals surface area (Å²) in [5.41, 5.74) is 3.37. The predicted octanol–water partition coefficient (Wildman–Crippen LogP) is 4.41. The summed E-state index contributed by atoms with van der Waals surface area (Å²) in [6.07, 6.45) is 4.14. The minimum absolute atomic E-state index is 0.0529. The van der Waals surface area contributed by atoms with E-state index in [9.17, 15) is 0 Å². The predicted molar refractivity (Wildman–Crippen MR) is 99.4 cm³/mol. The second kappa shape index (κ2) is 7.03. The van der Waals surface area contributed by atoms with Crippen LogP contribution in [-0.4, -0.2) is 24.3 Å². The molecule has 25 heavy (non-hydrogen) atoms. The fraction of sp³-hybridized carbons (Fsp3) is 0.238. The minimum atomic E-state index is -0.0529. The average Bonchev–Trinajstić information content (AvgIpc) is 3.32. The summed E-state index contributed by atoms with van der Waals surface area (Å²) in [4.78, 5) is 2.30. The van der Waals surface area contributed by atoms with Crippen LogP contribution in [0, 0.1) is 0 Å². The van der Waals surface area contributed by atoms with Gasteiger partial charge in [0.05, 0.1) is 18.9 Å². The third-order valence-electron chi connectivity index (χ3n) is 4.42. The topological polar surface area (TPSA) is 26.6 Å². The third-order valence-corrected chi connectivity index (χ3v) is 4.42. The van der Waals surface area contributed by atoms with Crippen molar-refractivity contribution in [2.75, 3.05) is 24.7 Å². The lowest BCUT2D eigenvalue weighted by atomic mass is 10.2. The monoisotopic (exact) mass is 334 g/mol. The van der Waals surface area contributed by atoms with E-state index in [0.717, 1.165) is 30.2 Å². The summed E-state index contributed by atoms with van der Waals surface area (Å²) in [6.45, 7) is 4.29. The number of rotatable bonds is 5. The van der Waals surface area contributed by atoms with Crippen molar-refractivity contribution < 1.29 is 9.47 Å². The van der Waals surface area contributed by atoms with Crippen LogP contribution in [0.5, 0.6) is 5.75 Å². The van der Waals surface area contributed by atoms with E-state index in [2.05, 4.69) is 58.3 Å². The van der Waals surface area contributed by atoms with Crippen LogP contribution in [0.3, 0.4) is 0 Å². The maximum absolute atomic E-state index is 6.01. The van der Waals surface area contributed by atoms with E-state index < -0.39 is 0 Å². The Labute approximate surface area is 148 Å². The third kappa shape index (κ3) is 3.13. The standard InChI is InChI=1S/C21H22N2O2/c1-2-24-20-11-7-6-10-19(20)22-13-12-17(16-22)21-23(14-15-25-21)18-8-4-3-5-9-18/h3-13,16,21H,2,14-15H2,1H3/t21-/m0/s1. The molecule has 4 heteroatoms. The van der Waals surface area contributed by atoms with Crippen molar-refractivity contribution in [2.45, 2.75) is 13.2 Å². The van der Waals surface area contributed by atoms with E-state index in [-0.39, 0.29) is 6.23 Å². The SMILES string of the molecule is CCOc1ccccc1-n1ccc([C@@H]2OCCN2c2ccccc2)c1. The van der Waals surface area contributed by atoms with Crippen molar-refractivity contribution in [1.82, 2.24) is 4.57 Å². The molecule has 1 aliphatic heterocycles. The van der Waals surface area contributed by atoms with Gasteiger partial charge in [0.1, 0.15) is 5.75 Å². The van der Waals surface area contributed by atoms with Crippen molar-refractivity contribution in [3.05, 3.63) is 78.6 Å². The first-order chi connectivity index (χ1) is 12.4. The summed E-state index contributed by atoms with van der Waals surface area (Å²) >= 11 is 0. The number of nitrogens with zero attached hydrogens (tertiary/aromatic N) is 2. The molecule has 0 spiro atoms. The van der Waals surface area contributed by atoms with Gasteiger partial charge in [0, 0.05) is 30.2 Å². The Kier molecular flexibility index (Phi) is 4.44. The molecule has 0 N–H and O–H groups in total. The number of para-hydroxylation sites is 3. The maximum atomic E-state index is 6.01. The Balaban J connectivity index is 1.63. The molecule has 1 aliphatic rings. The second-order valence-electron chi connectivity index (χ2n) is 6.00. The van der Waals surface area contributed by atoms with E-state index >= 15 is 0 Å². The molecule has 0 saturated carbocycles. The van der Waals surface area contributed by atoms with Gasteiger partial charge in [0.15, 0.2) is 6.23 Å². The van der Waals surface area contributed by atoms with Gasteiger partial charge in [0.25, 0.3) is 0 Å². The van der Waals surface area contributed by atoms with Gasteiger partial charge in [-0.25, -0.2) is 0 Å². The summed E-state index contributed by atoms with van der Waals surface area (Å²) in [6, 6.07) is 20.6. The van der Waals surface area contributed by atoms with Gasteiger partial charge in [-0.15, -0.1) is 0 Å². The minimum Gasteiger partial charge on any atom is -0.492 e. The molecule has 0 aliphatic carbocycles. The number of aromatic nitrogens is 1. The van der Waals surface area contributed by atoms with Crippen LogP contribution in [-0.2, 0) is 4.74 Å². The average molecular weight is 334 g/mol. The first-order valence-electron chi connectivity index (χ1n) is 8.70. The van der Waals surface area contributed by atoms with E-state index in [1.807, 2.05) is 31.2 Å². The zero-order valence-corrected chi connectivity index (χ0v) is 14.3. The highest BCUT2D eigenvalue weighted by molar-refractivity contribution is 5.50. The Morgan fingerprint density at radius 1 is 1.04 bits per heavy atom. The smallest absolute Gasteiger partial charge is 0.158 e. The number of benzene rings is 2. The molecule has 0 unspecified atom stereocenters. The molecule has 128 valence electrons. The van der Waals surface area contributed by atoms with Gasteiger partial charge in [-0.1, -0.05) is 30.3 Å². The molecular formula is C21H22N2O2. The fourth-order valence-corrected chi connectivity index (χ4v) is 3.29. The quantitative estimate of drug-likeness (QED) is 0.691. The summed E-state index contributed by atoms with van der Waals surface area (Å²) in [5, 5.41) is 0. The zero-order chi connectivity index (χ0) is 17.1. The van der Waals surface area contributed by atoms with Crippen LogP contribution < -0.4 is 9.64 Å². The Hall–Kier alpha value is -2.72. The van der Waals surface area contributed by atoms with Gasteiger partial charge in [-0.3, -0.25) is 0 Å². The number of ether oxygens (including phenoxy) is 2. The lowest BCUT2D eigenvalue weighted by molar-refractivity contribution is 0.114. The molecule has 2 aromatic carbocycles. The summed E-state index contributed by atoms with van der Waals surface area (Å²) in [5.74, 6) is 0.888. The van der Waals surface area contributed by atoms with E-state index in [0.29, 0.717) is 6.61 Å². The van der Waals surface area contributed by atoms with E-state index in [1.165, 1.54) is 5.69 Å². The molecule has 1 atom stereocenters. The first kappa shape index (κ1) is 15.8. The van der Waals surface area contributed by atoms with Crippen LogP contribution in [0.2, 0.25) is 0 Å². The van der Waals surface area contributed by atoms with E-state index in [4.69, 9.17) is 9.47 Å². The molecule has 1 fully saturated rings. The molecule has 4 rings (SSSR count). The highest BCUT2D eigenvalue weighted by atomic mass is 16.5. The lowest BCUT2D eigenvalue weighted by Gasteiger charge is -2.24. The molecule has 0 bridgehead atoms. The normalized spacial score (nSPS) is 17.0. The van der Waals surface area contributed by atoms with Gasteiger partial charge in [-0.2, -0.15) is 0 Å². The van der Waals surface area contributed by atoms with Gasteiger partial charge in [0.2, 0.25) is 0 Å². The Bertz CT molecular complexity index is 829. The first-order valence-corrected chi connectivity index (χ1v) is 8.70. The Morgan fingerprint density at radius 3 is 2.68 bits per heavy atom. The second-order valence-corrected chi connectivity index (χ2v) is 6.00. The number of anilines is 1. The van der Waals surface area contributed by atoms with Crippen LogP contribution in [0.1, 0.15) is 18.7 Å². The van der Waals surface area contributed by atoms with Gasteiger partial charge >= 0.3 is 0 Å². The van der Waals surface area contributed by atoms with Crippen molar-refractivity contribution in [3.63, 3.8) is 0 Å². The fourth-order valence-electron chi connectivity index (χ4n) is 3.29. The lowest BCUT2D eigenvalue weighted by Crippen LogP contribution is -2.22. The molecular weight excluding hydrogens is 312 g/mol. The molecule has 0 radical (unpaired) electrons. The van der Waals surface area contributed by atoms with Crippen molar-refractivity contribution >= 4 is 5.69 Å². The molecule has 1 aromatic heterocycles. The van der Waals surface area contributed by atoms with Crippen LogP contribution >= 0.6 is 0 Å². The number of hydrogen-bond acceptors (Lipinski definition) is 3. The molecule has 1 saturated heterocycles. The zero-order valence-electron chi connectivity index (χ0n) is 14.3. The molecule has 0 amide bonds. The van der Waals surface area contributed by atoms with Crippen molar-refractivity contribution in [2.24, 2.45) is 0 Å². The summed E-state index contributed by atoms with van der Waals surface area (Å²) in [7, 11) is 0. The van der Waals surface area contributed by atoms with Gasteiger partial charge < -0.3 is 18.9 Å². The molecule has 2 heterocycles. The van der Waals surface area contributed by atoms with Crippen molar-refractivity contribution in [1.29, 1.82) is 0 Å². The summed E-state index contributed by atoms with van der Waals surface area (Å²) < 4.78 is 13.9. The molecule has 3 aromatic rings. The van der Waals surface area contributed by atoms with Gasteiger partial charge in [-0.05, 0) is 37.3 Å². The van der Waals surface area contributed by atoms with Crippen LogP contribution in [0.4, 0.5) is 5.69 Å².